The molecule has 5 nitrogen and oxygen atoms in total. The number of rotatable bonds is 5. The van der Waals surface area contributed by atoms with Gasteiger partial charge in [0, 0.05) is 40.5 Å². The van der Waals surface area contributed by atoms with E-state index < -0.39 is 0 Å². The number of pyridine rings is 2. The van der Waals surface area contributed by atoms with Gasteiger partial charge in [-0.15, -0.1) is 0 Å². The molecule has 7 aromatic rings. The van der Waals surface area contributed by atoms with Crippen LogP contribution >= 0.6 is 0 Å². The van der Waals surface area contributed by atoms with Crippen LogP contribution in [0.15, 0.2) is 103 Å². The zero-order valence-corrected chi connectivity index (χ0v) is 35.5. The van der Waals surface area contributed by atoms with Crippen LogP contribution in [-0.4, -0.2) is 24.6 Å². The molecule has 1 aliphatic rings. The van der Waals surface area contributed by atoms with E-state index in [2.05, 4.69) is 147 Å². The largest absolute Gasteiger partial charge is 0.507 e. The number of fused-ring (bicyclic) bond motifs is 2. The Hall–Kier alpha value is -5.29. The molecular formula is C52H58N4O. The summed E-state index contributed by atoms with van der Waals surface area (Å²) >= 11 is 0. The Morgan fingerprint density at radius 3 is 1.91 bits per heavy atom. The Kier molecular flexibility index (Phi) is 9.66. The van der Waals surface area contributed by atoms with Crippen LogP contribution in [0.1, 0.15) is 118 Å². The summed E-state index contributed by atoms with van der Waals surface area (Å²) in [4.78, 5) is 15.5. The lowest BCUT2D eigenvalue weighted by Crippen LogP contribution is -2.18. The van der Waals surface area contributed by atoms with E-state index in [0.717, 1.165) is 74.3 Å². The smallest absolute Gasteiger partial charge is 0.145 e. The van der Waals surface area contributed by atoms with Crippen LogP contribution in [0.2, 0.25) is 0 Å². The van der Waals surface area contributed by atoms with Gasteiger partial charge in [-0.1, -0.05) is 99.6 Å². The molecule has 0 aliphatic heterocycles. The van der Waals surface area contributed by atoms with Crippen LogP contribution < -0.4 is 0 Å². The molecule has 1 saturated carbocycles. The average Bonchev–Trinajstić information content (AvgIpc) is 3.55. The highest BCUT2D eigenvalue weighted by atomic mass is 16.3. The van der Waals surface area contributed by atoms with Gasteiger partial charge in [-0.05, 0) is 136 Å². The van der Waals surface area contributed by atoms with Gasteiger partial charge in [0.1, 0.15) is 11.6 Å². The topological polar surface area (TPSA) is 63.8 Å². The summed E-state index contributed by atoms with van der Waals surface area (Å²) in [6.45, 7) is 22.7. The molecule has 3 aromatic heterocycles. The summed E-state index contributed by atoms with van der Waals surface area (Å²) < 4.78 is 2.46. The molecule has 0 atom stereocenters. The molecule has 8 rings (SSSR count). The normalized spacial score (nSPS) is 16.7. The molecule has 0 spiro atoms. The molecular weight excluding hydrogens is 697 g/mol. The fourth-order valence-electron chi connectivity index (χ4n) is 8.75. The highest BCUT2D eigenvalue weighted by Crippen LogP contribution is 2.45. The van der Waals surface area contributed by atoms with Crippen molar-refractivity contribution in [3.05, 3.63) is 120 Å². The number of phenols is 1. The second-order valence-electron chi connectivity index (χ2n) is 19.7. The van der Waals surface area contributed by atoms with Gasteiger partial charge in [0.2, 0.25) is 0 Å². The fourth-order valence-corrected chi connectivity index (χ4v) is 8.75. The van der Waals surface area contributed by atoms with Gasteiger partial charge in [-0.2, -0.15) is 0 Å². The molecule has 0 amide bonds. The van der Waals surface area contributed by atoms with Crippen molar-refractivity contribution in [3.63, 3.8) is 0 Å². The number of aromatic hydroxyl groups is 1. The molecule has 4 aromatic carbocycles. The van der Waals surface area contributed by atoms with Crippen molar-refractivity contribution in [2.45, 2.75) is 117 Å². The molecule has 1 aliphatic carbocycles. The van der Waals surface area contributed by atoms with E-state index in [4.69, 9.17) is 15.0 Å². The molecule has 3 heterocycles. The lowest BCUT2D eigenvalue weighted by molar-refractivity contribution is 0.295. The third kappa shape index (κ3) is 7.38. The summed E-state index contributed by atoms with van der Waals surface area (Å²) in [5, 5.41) is 12.8. The van der Waals surface area contributed by atoms with Crippen LogP contribution in [0.25, 0.3) is 66.8 Å². The maximum Gasteiger partial charge on any atom is 0.145 e. The summed E-state index contributed by atoms with van der Waals surface area (Å²) in [6.07, 6.45) is 8.31. The van der Waals surface area contributed by atoms with E-state index in [9.17, 15) is 5.11 Å². The molecule has 292 valence electrons. The third-order valence-corrected chi connectivity index (χ3v) is 12.2. The molecule has 0 saturated heterocycles. The number of nitrogens with zero attached hydrogens (tertiary/aromatic N) is 4. The Balaban J connectivity index is 1.42. The van der Waals surface area contributed by atoms with Crippen LogP contribution in [0.4, 0.5) is 0 Å². The van der Waals surface area contributed by atoms with Crippen LogP contribution in [0.5, 0.6) is 5.75 Å². The van der Waals surface area contributed by atoms with E-state index in [-0.39, 0.29) is 28.0 Å². The van der Waals surface area contributed by atoms with E-state index in [1.165, 1.54) is 34.9 Å². The van der Waals surface area contributed by atoms with E-state index in [1.54, 1.807) is 0 Å². The fraction of sp³-hybridized carbons (Fsp3) is 0.365. The number of aromatic nitrogens is 4. The summed E-state index contributed by atoms with van der Waals surface area (Å²) in [7, 11) is 0. The summed E-state index contributed by atoms with van der Waals surface area (Å²) in [5.41, 5.74) is 13.7. The zero-order valence-electron chi connectivity index (χ0n) is 35.5. The average molecular weight is 755 g/mol. The maximum absolute atomic E-state index is 11.6. The molecule has 0 bridgehead atoms. The van der Waals surface area contributed by atoms with Gasteiger partial charge < -0.3 is 9.67 Å². The van der Waals surface area contributed by atoms with Gasteiger partial charge in [-0.25, -0.2) is 4.98 Å². The van der Waals surface area contributed by atoms with E-state index >= 15 is 0 Å². The Morgan fingerprint density at radius 1 is 0.579 bits per heavy atom. The minimum absolute atomic E-state index is 0.0396. The van der Waals surface area contributed by atoms with Gasteiger partial charge in [-0.3, -0.25) is 9.97 Å². The molecule has 1 N–H and O–H groups in total. The van der Waals surface area contributed by atoms with Crippen molar-refractivity contribution in [2.75, 3.05) is 0 Å². The van der Waals surface area contributed by atoms with Crippen molar-refractivity contribution in [2.24, 2.45) is 5.92 Å². The quantitative estimate of drug-likeness (QED) is 0.190. The SMILES string of the molecule is CC1CCC(n2c(-c3cc(C(C)(C)C)ccc3O)nc3c(-c4cccc(-c5cc(C(C)(C)C)cc6c(C(C)(C)C)ccnc56)c4)cc(-c4ccccn4)cc32)CC1. The van der Waals surface area contributed by atoms with Crippen molar-refractivity contribution in [1.82, 2.24) is 19.5 Å². The Labute approximate surface area is 339 Å². The molecule has 1 fully saturated rings. The second-order valence-corrected chi connectivity index (χ2v) is 19.7. The van der Waals surface area contributed by atoms with Gasteiger partial charge >= 0.3 is 0 Å². The first-order chi connectivity index (χ1) is 27.0. The highest BCUT2D eigenvalue weighted by molar-refractivity contribution is 6.01. The van der Waals surface area contributed by atoms with E-state index in [1.807, 2.05) is 30.6 Å². The zero-order chi connectivity index (χ0) is 40.4. The van der Waals surface area contributed by atoms with Gasteiger partial charge in [0.05, 0.1) is 27.8 Å². The minimum Gasteiger partial charge on any atom is -0.507 e. The number of phenolic OH excluding ortho intramolecular Hbond substituents is 1. The van der Waals surface area contributed by atoms with Crippen molar-refractivity contribution >= 4 is 21.9 Å². The summed E-state index contributed by atoms with van der Waals surface area (Å²) in [6, 6.07) is 32.8. The standard InChI is InChI=1S/C52H58N4O/c1-32-17-20-38(21-18-32)56-45-28-35(44-16-11-12-24-53-44)27-39(48(45)55-49(56)42-29-36(50(2,3)4)19-22-46(42)57)33-14-13-15-34(26-33)40-30-37(51(5,6)7)31-41-43(52(8,9)10)23-25-54-47(40)41/h11-16,19,22-32,38,57H,17-18,20-21H2,1-10H3. The van der Waals surface area contributed by atoms with Crippen molar-refractivity contribution < 1.29 is 5.11 Å². The van der Waals surface area contributed by atoms with Gasteiger partial charge in [0.25, 0.3) is 0 Å². The van der Waals surface area contributed by atoms with Crippen LogP contribution in [-0.2, 0) is 16.2 Å². The Morgan fingerprint density at radius 2 is 1.26 bits per heavy atom. The first kappa shape index (κ1) is 38.6. The number of benzene rings is 4. The molecule has 57 heavy (non-hydrogen) atoms. The highest BCUT2D eigenvalue weighted by Gasteiger charge is 2.29. The van der Waals surface area contributed by atoms with Crippen LogP contribution in [0.3, 0.4) is 0 Å². The monoisotopic (exact) mass is 754 g/mol. The lowest BCUT2D eigenvalue weighted by Gasteiger charge is -2.29. The van der Waals surface area contributed by atoms with E-state index in [0.29, 0.717) is 5.92 Å². The number of hydrogen-bond acceptors (Lipinski definition) is 4. The third-order valence-electron chi connectivity index (χ3n) is 12.2. The lowest BCUT2D eigenvalue weighted by atomic mass is 9.80. The molecule has 0 radical (unpaired) electrons. The number of imidazole rings is 1. The minimum atomic E-state index is -0.0890. The number of hydrogen-bond donors (Lipinski definition) is 1. The molecule has 0 unspecified atom stereocenters. The predicted octanol–water partition coefficient (Wildman–Crippen LogP) is 14.0. The summed E-state index contributed by atoms with van der Waals surface area (Å²) in [5.74, 6) is 1.78. The van der Waals surface area contributed by atoms with Crippen molar-refractivity contribution in [3.8, 4) is 50.6 Å². The second kappa shape index (κ2) is 14.3. The van der Waals surface area contributed by atoms with Gasteiger partial charge in [0.15, 0.2) is 0 Å². The predicted molar refractivity (Wildman–Crippen MR) is 239 cm³/mol. The first-order valence-electron chi connectivity index (χ1n) is 20.8. The Bertz CT molecular complexity index is 2610. The van der Waals surface area contributed by atoms with Crippen LogP contribution in [0, 0.1) is 5.92 Å². The van der Waals surface area contributed by atoms with Crippen molar-refractivity contribution in [1.29, 1.82) is 0 Å². The first-order valence-corrected chi connectivity index (χ1v) is 20.8. The molecule has 5 heteroatoms. The maximum atomic E-state index is 11.6.